The van der Waals surface area contributed by atoms with Crippen molar-refractivity contribution in [2.75, 3.05) is 40.6 Å². The normalized spacial score (nSPS) is 10.6. The summed E-state index contributed by atoms with van der Waals surface area (Å²) in [6, 6.07) is 3.77. The van der Waals surface area contributed by atoms with Crippen LogP contribution in [0.5, 0.6) is 11.5 Å². The maximum atomic E-state index is 6.20. The van der Waals surface area contributed by atoms with Crippen LogP contribution in [0.1, 0.15) is 12.0 Å². The first-order chi connectivity index (χ1) is 9.72. The monoisotopic (exact) mass is 366 g/mol. The molecule has 1 aromatic rings. The third-order valence-electron chi connectivity index (χ3n) is 2.55. The van der Waals surface area contributed by atoms with E-state index >= 15 is 0 Å². The molecule has 0 aliphatic carbocycles. The molecule has 0 atom stereocenters. The van der Waals surface area contributed by atoms with E-state index in [0.717, 1.165) is 17.3 Å². The number of alkyl halides is 1. The second-order valence-corrected chi connectivity index (χ2v) is 5.02. The van der Waals surface area contributed by atoms with Gasteiger partial charge < -0.3 is 18.9 Å². The van der Waals surface area contributed by atoms with E-state index in [4.69, 9.17) is 30.5 Å². The van der Waals surface area contributed by atoms with Crippen LogP contribution in [-0.4, -0.2) is 40.6 Å². The molecule has 0 saturated heterocycles. The summed E-state index contributed by atoms with van der Waals surface area (Å²) in [7, 11) is 3.25. The smallest absolute Gasteiger partial charge is 0.179 e. The minimum atomic E-state index is 0.525. The number of halogens is 2. The lowest BCUT2D eigenvalue weighted by molar-refractivity contribution is 0.0643. The minimum Gasteiger partial charge on any atom is -0.493 e. The van der Waals surface area contributed by atoms with E-state index in [9.17, 15) is 0 Å². The number of hydrogen-bond acceptors (Lipinski definition) is 4. The van der Waals surface area contributed by atoms with Gasteiger partial charge >= 0.3 is 0 Å². The van der Waals surface area contributed by atoms with E-state index in [0.29, 0.717) is 42.9 Å². The molecule has 0 aliphatic heterocycles. The minimum absolute atomic E-state index is 0.525. The Labute approximate surface area is 133 Å². The molecule has 20 heavy (non-hydrogen) atoms. The molecule has 1 rings (SSSR count). The molecule has 4 nitrogen and oxygen atoms in total. The van der Waals surface area contributed by atoms with Crippen molar-refractivity contribution in [3.05, 3.63) is 22.7 Å². The van der Waals surface area contributed by atoms with E-state index in [2.05, 4.69) is 15.9 Å². The molecule has 6 heteroatoms. The summed E-state index contributed by atoms with van der Waals surface area (Å²) in [5.74, 6) is 1.23. The molecule has 0 spiro atoms. The van der Waals surface area contributed by atoms with Gasteiger partial charge in [0.1, 0.15) is 0 Å². The van der Waals surface area contributed by atoms with Gasteiger partial charge in [0.05, 0.1) is 32.0 Å². The number of methoxy groups -OCH3 is 2. The Morgan fingerprint density at radius 2 is 1.90 bits per heavy atom. The zero-order chi connectivity index (χ0) is 14.8. The highest BCUT2D eigenvalue weighted by atomic mass is 79.9. The third kappa shape index (κ3) is 5.87. The molecule has 0 saturated carbocycles. The second-order valence-electron chi connectivity index (χ2n) is 4.05. The molecular formula is C14H20BrClO4. The van der Waals surface area contributed by atoms with Crippen LogP contribution >= 0.6 is 27.5 Å². The third-order valence-corrected chi connectivity index (χ3v) is 3.48. The standard InChI is InChI=1S/C14H20BrClO4/c1-17-6-7-19-4-3-5-20-14-12(16)8-11(10-15)9-13(14)18-2/h8-9H,3-7,10H2,1-2H3. The average Bonchev–Trinajstić information content (AvgIpc) is 2.47. The molecule has 114 valence electrons. The Morgan fingerprint density at radius 3 is 2.55 bits per heavy atom. The molecule has 0 fully saturated rings. The van der Waals surface area contributed by atoms with Gasteiger partial charge in [-0.1, -0.05) is 27.5 Å². The van der Waals surface area contributed by atoms with Crippen LogP contribution in [0.4, 0.5) is 0 Å². The van der Waals surface area contributed by atoms with E-state index in [1.54, 1.807) is 14.2 Å². The number of ether oxygens (including phenoxy) is 4. The van der Waals surface area contributed by atoms with Crippen LogP contribution in [0.2, 0.25) is 5.02 Å². The van der Waals surface area contributed by atoms with Crippen LogP contribution in [0, 0.1) is 0 Å². The molecule has 1 aromatic carbocycles. The predicted molar refractivity (Wildman–Crippen MR) is 83.4 cm³/mol. The molecule has 0 aromatic heterocycles. The summed E-state index contributed by atoms with van der Waals surface area (Å²) in [6.45, 7) is 2.36. The van der Waals surface area contributed by atoms with Crippen molar-refractivity contribution in [3.8, 4) is 11.5 Å². The van der Waals surface area contributed by atoms with Gasteiger partial charge in [-0.15, -0.1) is 0 Å². The fourth-order valence-electron chi connectivity index (χ4n) is 1.57. The Kier molecular flexibility index (Phi) is 9.02. The maximum absolute atomic E-state index is 6.20. The first-order valence-corrected chi connectivity index (χ1v) is 7.84. The molecule has 0 aliphatic rings. The molecule has 0 heterocycles. The van der Waals surface area contributed by atoms with Crippen molar-refractivity contribution < 1.29 is 18.9 Å². The average molecular weight is 368 g/mol. The van der Waals surface area contributed by atoms with Crippen LogP contribution in [0.25, 0.3) is 0 Å². The van der Waals surface area contributed by atoms with Crippen LogP contribution in [0.3, 0.4) is 0 Å². The molecule has 0 radical (unpaired) electrons. The van der Waals surface area contributed by atoms with Crippen molar-refractivity contribution >= 4 is 27.5 Å². The zero-order valence-corrected chi connectivity index (χ0v) is 14.1. The van der Waals surface area contributed by atoms with Crippen LogP contribution in [-0.2, 0) is 14.8 Å². The molecule has 0 N–H and O–H groups in total. The summed E-state index contributed by atoms with van der Waals surface area (Å²) in [4.78, 5) is 0. The Bertz CT molecular complexity index is 401. The maximum Gasteiger partial charge on any atom is 0.179 e. The summed E-state index contributed by atoms with van der Waals surface area (Å²) in [6.07, 6.45) is 0.781. The summed E-state index contributed by atoms with van der Waals surface area (Å²) in [5.41, 5.74) is 1.04. The topological polar surface area (TPSA) is 36.9 Å². The van der Waals surface area contributed by atoms with E-state index in [1.807, 2.05) is 12.1 Å². The highest BCUT2D eigenvalue weighted by Gasteiger charge is 2.11. The van der Waals surface area contributed by atoms with Gasteiger partial charge in [0.25, 0.3) is 0 Å². The lowest BCUT2D eigenvalue weighted by Crippen LogP contribution is -2.07. The van der Waals surface area contributed by atoms with Gasteiger partial charge in [-0.25, -0.2) is 0 Å². The van der Waals surface area contributed by atoms with Gasteiger partial charge in [0.2, 0.25) is 0 Å². The fourth-order valence-corrected chi connectivity index (χ4v) is 2.18. The van der Waals surface area contributed by atoms with Crippen LogP contribution in [0.15, 0.2) is 12.1 Å². The van der Waals surface area contributed by atoms with Gasteiger partial charge in [-0.3, -0.25) is 0 Å². The predicted octanol–water partition coefficient (Wildman–Crippen LogP) is 3.68. The lowest BCUT2D eigenvalue weighted by Gasteiger charge is -2.13. The number of rotatable bonds is 10. The van der Waals surface area contributed by atoms with Crippen molar-refractivity contribution in [2.45, 2.75) is 11.8 Å². The first kappa shape index (κ1) is 17.6. The fraction of sp³-hybridized carbons (Fsp3) is 0.571. The van der Waals surface area contributed by atoms with Crippen molar-refractivity contribution in [1.29, 1.82) is 0 Å². The van der Waals surface area contributed by atoms with Gasteiger partial charge in [-0.2, -0.15) is 0 Å². The van der Waals surface area contributed by atoms with E-state index in [1.165, 1.54) is 0 Å². The quantitative estimate of drug-likeness (QED) is 0.467. The molecule has 0 bridgehead atoms. The lowest BCUT2D eigenvalue weighted by atomic mass is 10.2. The second kappa shape index (κ2) is 10.3. The Balaban J connectivity index is 2.43. The Hall–Kier alpha value is -0.490. The van der Waals surface area contributed by atoms with Gasteiger partial charge in [0, 0.05) is 25.5 Å². The zero-order valence-electron chi connectivity index (χ0n) is 11.8. The van der Waals surface area contributed by atoms with Gasteiger partial charge in [-0.05, 0) is 17.7 Å². The largest absolute Gasteiger partial charge is 0.493 e. The summed E-state index contributed by atoms with van der Waals surface area (Å²) >= 11 is 9.59. The first-order valence-electron chi connectivity index (χ1n) is 6.34. The van der Waals surface area contributed by atoms with Crippen molar-refractivity contribution in [2.24, 2.45) is 0 Å². The molecule has 0 amide bonds. The van der Waals surface area contributed by atoms with Crippen molar-refractivity contribution in [3.63, 3.8) is 0 Å². The van der Waals surface area contributed by atoms with E-state index in [-0.39, 0.29) is 0 Å². The van der Waals surface area contributed by atoms with E-state index < -0.39 is 0 Å². The number of benzene rings is 1. The molecule has 0 unspecified atom stereocenters. The summed E-state index contributed by atoms with van der Waals surface area (Å²) in [5, 5.41) is 1.27. The van der Waals surface area contributed by atoms with Gasteiger partial charge in [0.15, 0.2) is 11.5 Å². The van der Waals surface area contributed by atoms with Crippen LogP contribution < -0.4 is 9.47 Å². The summed E-state index contributed by atoms with van der Waals surface area (Å²) < 4.78 is 21.2. The molecular weight excluding hydrogens is 348 g/mol. The highest BCUT2D eigenvalue weighted by molar-refractivity contribution is 9.08. The number of hydrogen-bond donors (Lipinski definition) is 0. The Morgan fingerprint density at radius 1 is 1.10 bits per heavy atom. The highest BCUT2D eigenvalue weighted by Crippen LogP contribution is 2.36. The van der Waals surface area contributed by atoms with Crippen molar-refractivity contribution in [1.82, 2.24) is 0 Å². The SMILES string of the molecule is COCCOCCCOc1c(Cl)cc(CBr)cc1OC.